The zero-order valence-electron chi connectivity index (χ0n) is 11.1. The molecule has 0 amide bonds. The van der Waals surface area contributed by atoms with E-state index in [2.05, 4.69) is 43.3 Å². The van der Waals surface area contributed by atoms with Crippen LogP contribution < -0.4 is 5.32 Å². The Morgan fingerprint density at radius 3 is 2.31 bits per heavy atom. The Balaban J connectivity index is 2.33. The predicted molar refractivity (Wildman–Crippen MR) is 65.9 cm³/mol. The molecule has 0 unspecified atom stereocenters. The zero-order valence-corrected chi connectivity index (χ0v) is 11.1. The van der Waals surface area contributed by atoms with Crippen molar-refractivity contribution in [2.24, 2.45) is 24.8 Å². The molecule has 0 saturated carbocycles. The maximum Gasteiger partial charge on any atom is 0.0964 e. The van der Waals surface area contributed by atoms with Gasteiger partial charge in [-0.15, -0.1) is 5.10 Å². The van der Waals surface area contributed by atoms with E-state index in [1.807, 2.05) is 13.2 Å². The van der Waals surface area contributed by atoms with Crippen molar-refractivity contribution in [2.75, 3.05) is 6.54 Å². The molecule has 0 radical (unpaired) electrons. The van der Waals surface area contributed by atoms with Crippen LogP contribution in [0.3, 0.4) is 0 Å². The number of aromatic nitrogens is 3. The molecule has 1 N–H and O–H groups in total. The van der Waals surface area contributed by atoms with Gasteiger partial charge in [0.1, 0.15) is 0 Å². The number of hydrogen-bond donors (Lipinski definition) is 1. The van der Waals surface area contributed by atoms with Crippen molar-refractivity contribution in [1.82, 2.24) is 20.3 Å². The molecular weight excluding hydrogens is 200 g/mol. The topological polar surface area (TPSA) is 42.7 Å². The van der Waals surface area contributed by atoms with E-state index in [4.69, 9.17) is 0 Å². The average Bonchev–Trinajstić information content (AvgIpc) is 2.57. The summed E-state index contributed by atoms with van der Waals surface area (Å²) in [5, 5.41) is 11.4. The first-order valence-corrected chi connectivity index (χ1v) is 6.06. The second kappa shape index (κ2) is 5.99. The monoisotopic (exact) mass is 224 g/mol. The van der Waals surface area contributed by atoms with E-state index < -0.39 is 0 Å². The van der Waals surface area contributed by atoms with Gasteiger partial charge in [-0.2, -0.15) is 0 Å². The normalized spacial score (nSPS) is 12.0. The molecule has 0 fully saturated rings. The zero-order chi connectivity index (χ0) is 12.1. The molecule has 1 rings (SSSR count). The van der Waals surface area contributed by atoms with Gasteiger partial charge >= 0.3 is 0 Å². The molecule has 0 aliphatic heterocycles. The van der Waals surface area contributed by atoms with Crippen molar-refractivity contribution in [3.63, 3.8) is 0 Å². The first-order chi connectivity index (χ1) is 7.50. The lowest BCUT2D eigenvalue weighted by Gasteiger charge is -2.24. The second-order valence-electron chi connectivity index (χ2n) is 5.17. The number of nitrogens with one attached hydrogen (secondary N) is 1. The first-order valence-electron chi connectivity index (χ1n) is 6.06. The molecule has 0 saturated heterocycles. The third kappa shape index (κ3) is 3.93. The van der Waals surface area contributed by atoms with E-state index >= 15 is 0 Å². The molecular formula is C12H24N4. The van der Waals surface area contributed by atoms with Gasteiger partial charge in [-0.1, -0.05) is 32.9 Å². The SMILES string of the molecule is CC(C)C(CNCc1cn(C)nn1)C(C)C. The van der Waals surface area contributed by atoms with Gasteiger partial charge in [0.15, 0.2) is 0 Å². The number of rotatable bonds is 6. The Morgan fingerprint density at radius 2 is 1.88 bits per heavy atom. The summed E-state index contributed by atoms with van der Waals surface area (Å²) >= 11 is 0. The maximum absolute atomic E-state index is 4.05. The summed E-state index contributed by atoms with van der Waals surface area (Å²) in [4.78, 5) is 0. The van der Waals surface area contributed by atoms with E-state index in [-0.39, 0.29) is 0 Å². The number of hydrogen-bond acceptors (Lipinski definition) is 3. The first kappa shape index (κ1) is 13.2. The van der Waals surface area contributed by atoms with Gasteiger partial charge in [0.2, 0.25) is 0 Å². The van der Waals surface area contributed by atoms with Crippen molar-refractivity contribution < 1.29 is 0 Å². The van der Waals surface area contributed by atoms with Crippen molar-refractivity contribution in [3.05, 3.63) is 11.9 Å². The molecule has 0 spiro atoms. The highest BCUT2D eigenvalue weighted by molar-refractivity contribution is 4.91. The molecule has 0 aliphatic rings. The van der Waals surface area contributed by atoms with Crippen molar-refractivity contribution in [1.29, 1.82) is 0 Å². The van der Waals surface area contributed by atoms with E-state index in [1.165, 1.54) is 0 Å². The Kier molecular flexibility index (Phi) is 4.93. The van der Waals surface area contributed by atoms with Gasteiger partial charge < -0.3 is 5.32 Å². The van der Waals surface area contributed by atoms with Gasteiger partial charge in [0, 0.05) is 19.8 Å². The Labute approximate surface area is 98.4 Å². The highest BCUT2D eigenvalue weighted by atomic mass is 15.4. The molecule has 1 aromatic heterocycles. The van der Waals surface area contributed by atoms with Crippen LogP contribution in [0.5, 0.6) is 0 Å². The van der Waals surface area contributed by atoms with Gasteiger partial charge in [-0.05, 0) is 24.3 Å². The van der Waals surface area contributed by atoms with Crippen molar-refractivity contribution >= 4 is 0 Å². The third-order valence-corrected chi connectivity index (χ3v) is 3.05. The van der Waals surface area contributed by atoms with Crippen LogP contribution in [0, 0.1) is 17.8 Å². The third-order valence-electron chi connectivity index (χ3n) is 3.05. The van der Waals surface area contributed by atoms with Crippen LogP contribution in [0.1, 0.15) is 33.4 Å². The van der Waals surface area contributed by atoms with Crippen LogP contribution in [-0.2, 0) is 13.6 Å². The number of nitrogens with zero attached hydrogens (tertiary/aromatic N) is 3. The van der Waals surface area contributed by atoms with Crippen LogP contribution in [-0.4, -0.2) is 21.5 Å². The Morgan fingerprint density at radius 1 is 1.25 bits per heavy atom. The molecule has 0 bridgehead atoms. The predicted octanol–water partition coefficient (Wildman–Crippen LogP) is 1.83. The molecule has 4 heteroatoms. The standard InChI is InChI=1S/C12H24N4/c1-9(2)12(10(3)4)7-13-6-11-8-16(5)15-14-11/h8-10,12-13H,6-7H2,1-5H3. The van der Waals surface area contributed by atoms with Gasteiger partial charge in [-0.3, -0.25) is 4.68 Å². The Hall–Kier alpha value is -0.900. The molecule has 16 heavy (non-hydrogen) atoms. The van der Waals surface area contributed by atoms with E-state index in [9.17, 15) is 0 Å². The smallest absolute Gasteiger partial charge is 0.0964 e. The fraction of sp³-hybridized carbons (Fsp3) is 0.833. The summed E-state index contributed by atoms with van der Waals surface area (Å²) in [6, 6.07) is 0. The van der Waals surface area contributed by atoms with E-state index in [0.29, 0.717) is 11.8 Å². The molecule has 4 nitrogen and oxygen atoms in total. The van der Waals surface area contributed by atoms with Gasteiger partial charge in [-0.25, -0.2) is 0 Å². The summed E-state index contributed by atoms with van der Waals surface area (Å²) in [6.45, 7) is 11.0. The minimum Gasteiger partial charge on any atom is -0.311 e. The summed E-state index contributed by atoms with van der Waals surface area (Å²) in [6.07, 6.45) is 1.95. The lowest BCUT2D eigenvalue weighted by molar-refractivity contribution is 0.275. The lowest BCUT2D eigenvalue weighted by atomic mass is 9.85. The molecule has 0 aliphatic carbocycles. The molecule has 0 aromatic carbocycles. The molecule has 0 atom stereocenters. The molecule has 92 valence electrons. The summed E-state index contributed by atoms with van der Waals surface area (Å²) in [5.41, 5.74) is 1.01. The number of aryl methyl sites for hydroxylation is 1. The summed E-state index contributed by atoms with van der Waals surface area (Å²) < 4.78 is 1.74. The average molecular weight is 224 g/mol. The van der Waals surface area contributed by atoms with E-state index in [1.54, 1.807) is 4.68 Å². The lowest BCUT2D eigenvalue weighted by Crippen LogP contribution is -2.29. The van der Waals surface area contributed by atoms with Crippen LogP contribution in [0.25, 0.3) is 0 Å². The van der Waals surface area contributed by atoms with Crippen molar-refractivity contribution in [2.45, 2.75) is 34.2 Å². The van der Waals surface area contributed by atoms with Gasteiger partial charge in [0.25, 0.3) is 0 Å². The van der Waals surface area contributed by atoms with Crippen molar-refractivity contribution in [3.8, 4) is 0 Å². The molecule has 1 heterocycles. The second-order valence-corrected chi connectivity index (χ2v) is 5.17. The Bertz CT molecular complexity index is 296. The fourth-order valence-corrected chi connectivity index (χ4v) is 2.08. The minimum atomic E-state index is 0.717. The highest BCUT2D eigenvalue weighted by Crippen LogP contribution is 2.19. The highest BCUT2D eigenvalue weighted by Gasteiger charge is 2.16. The van der Waals surface area contributed by atoms with Crippen LogP contribution in [0.15, 0.2) is 6.20 Å². The fourth-order valence-electron chi connectivity index (χ4n) is 2.08. The molecule has 1 aromatic rings. The summed E-state index contributed by atoms with van der Waals surface area (Å²) in [5.74, 6) is 2.15. The maximum atomic E-state index is 4.05. The minimum absolute atomic E-state index is 0.717. The summed E-state index contributed by atoms with van der Waals surface area (Å²) in [7, 11) is 1.89. The largest absolute Gasteiger partial charge is 0.311 e. The van der Waals surface area contributed by atoms with Gasteiger partial charge in [0.05, 0.1) is 5.69 Å². The van der Waals surface area contributed by atoms with E-state index in [0.717, 1.165) is 24.7 Å². The van der Waals surface area contributed by atoms with Crippen LogP contribution in [0.2, 0.25) is 0 Å². The van der Waals surface area contributed by atoms with Crippen LogP contribution in [0.4, 0.5) is 0 Å². The quantitative estimate of drug-likeness (QED) is 0.801. The van der Waals surface area contributed by atoms with Crippen LogP contribution >= 0.6 is 0 Å².